The zero-order chi connectivity index (χ0) is 27.4. The summed E-state index contributed by atoms with van der Waals surface area (Å²) in [6, 6.07) is 19.0. The Labute approximate surface area is 223 Å². The molecule has 0 spiro atoms. The summed E-state index contributed by atoms with van der Waals surface area (Å²) in [7, 11) is 0. The largest absolute Gasteiger partial charge is 0.455 e. The smallest absolute Gasteiger partial charge is 0.312 e. The van der Waals surface area contributed by atoms with Crippen molar-refractivity contribution >= 4 is 23.0 Å². The first-order valence-electron chi connectivity index (χ1n) is 12.2. The molecule has 39 heavy (non-hydrogen) atoms. The first-order valence-corrected chi connectivity index (χ1v) is 12.2. The lowest BCUT2D eigenvalue weighted by Crippen LogP contribution is -2.48. The van der Waals surface area contributed by atoms with E-state index in [4.69, 9.17) is 31.1 Å². The monoisotopic (exact) mass is 531 g/mol. The van der Waals surface area contributed by atoms with Crippen LogP contribution in [0.1, 0.15) is 24.3 Å². The minimum atomic E-state index is -1.50. The van der Waals surface area contributed by atoms with Crippen molar-refractivity contribution in [3.05, 3.63) is 84.2 Å². The van der Waals surface area contributed by atoms with Crippen molar-refractivity contribution in [2.75, 3.05) is 12.3 Å². The molecule has 4 aromatic rings. The number of terminal acetylenes is 1. The zero-order valence-electron chi connectivity index (χ0n) is 21.1. The molecule has 11 heteroatoms. The highest BCUT2D eigenvalue weighted by Crippen LogP contribution is 2.42. The summed E-state index contributed by atoms with van der Waals surface area (Å²) in [6.07, 6.45) is 3.23. The van der Waals surface area contributed by atoms with Crippen molar-refractivity contribution in [3.63, 3.8) is 0 Å². The molecule has 2 aromatic heterocycles. The minimum Gasteiger partial charge on any atom is -0.455 e. The van der Waals surface area contributed by atoms with Crippen LogP contribution in [-0.4, -0.2) is 49.9 Å². The van der Waals surface area contributed by atoms with Crippen LogP contribution < -0.4 is 5.73 Å². The van der Waals surface area contributed by atoms with Crippen molar-refractivity contribution < 1.29 is 28.1 Å². The number of imidazole rings is 1. The molecule has 5 rings (SSSR count). The Kier molecular flexibility index (Phi) is 7.51. The minimum absolute atomic E-state index is 0.0435. The van der Waals surface area contributed by atoms with E-state index in [-0.39, 0.29) is 36.8 Å². The Bertz CT molecular complexity index is 1490. The quantitative estimate of drug-likeness (QED) is 0.197. The van der Waals surface area contributed by atoms with Gasteiger partial charge in [-0.15, -0.1) is 6.42 Å². The Morgan fingerprint density at radius 1 is 1.13 bits per heavy atom. The fraction of sp³-hybridized carbons (Fsp3) is 0.286. The fourth-order valence-corrected chi connectivity index (χ4v) is 4.55. The Balaban J connectivity index is 1.53. The second kappa shape index (κ2) is 11.2. The average molecular weight is 532 g/mol. The maximum absolute atomic E-state index is 14.1. The summed E-state index contributed by atoms with van der Waals surface area (Å²) in [5, 5.41) is 0. The van der Waals surface area contributed by atoms with Gasteiger partial charge in [0.05, 0.1) is 26.1 Å². The number of carbonyl (C=O) groups excluding carboxylic acids is 1. The van der Waals surface area contributed by atoms with Crippen LogP contribution in [0.2, 0.25) is 0 Å². The molecule has 1 saturated heterocycles. The summed E-state index contributed by atoms with van der Waals surface area (Å²) in [5.74, 6) is 1.95. The van der Waals surface area contributed by atoms with E-state index in [2.05, 4.69) is 20.9 Å². The molecule has 0 aliphatic carbocycles. The SMILES string of the molecule is C#CC1(COCc2ccccc2)OC(n2cnc3c(N)nc(F)nc32)C(OC(C)=O)C1OCc1ccccc1. The highest BCUT2D eigenvalue weighted by atomic mass is 19.1. The number of anilines is 1. The molecule has 2 aromatic carbocycles. The standard InChI is InChI=1S/C28H26FN5O5/c1-3-28(16-36-14-19-10-6-4-7-11-19)23(37-15-20-12-8-5-9-13-20)22(38-18(2)35)26(39-28)34-17-31-21-24(30)32-27(29)33-25(21)34/h1,4-13,17,22-23,26H,14-16H2,2H3,(H2,30,32,33). The molecule has 200 valence electrons. The van der Waals surface area contributed by atoms with Gasteiger partial charge >= 0.3 is 12.0 Å². The molecule has 3 heterocycles. The average Bonchev–Trinajstić information content (AvgIpc) is 3.48. The highest BCUT2D eigenvalue weighted by Gasteiger charge is 2.58. The number of carbonyl (C=O) groups is 1. The van der Waals surface area contributed by atoms with Crippen LogP contribution in [0.4, 0.5) is 10.2 Å². The van der Waals surface area contributed by atoms with Gasteiger partial charge in [-0.05, 0) is 11.1 Å². The maximum atomic E-state index is 14.1. The first kappa shape index (κ1) is 26.2. The van der Waals surface area contributed by atoms with Crippen molar-refractivity contribution in [1.29, 1.82) is 0 Å². The molecule has 1 aliphatic heterocycles. The van der Waals surface area contributed by atoms with E-state index in [1.165, 1.54) is 17.8 Å². The summed E-state index contributed by atoms with van der Waals surface area (Å²) in [4.78, 5) is 23.8. The predicted octanol–water partition coefficient (Wildman–Crippen LogP) is 3.18. The number of halogens is 1. The molecule has 0 bridgehead atoms. The number of nitrogens with two attached hydrogens (primary N) is 1. The number of aromatic nitrogens is 4. The van der Waals surface area contributed by atoms with Crippen LogP contribution in [0.15, 0.2) is 67.0 Å². The van der Waals surface area contributed by atoms with Gasteiger partial charge < -0.3 is 24.7 Å². The second-order valence-corrected chi connectivity index (χ2v) is 9.01. The Morgan fingerprint density at radius 3 is 2.44 bits per heavy atom. The van der Waals surface area contributed by atoms with Gasteiger partial charge in [0.1, 0.15) is 6.10 Å². The van der Waals surface area contributed by atoms with Gasteiger partial charge in [-0.3, -0.25) is 9.36 Å². The molecule has 4 atom stereocenters. The second-order valence-electron chi connectivity index (χ2n) is 9.01. The molecule has 0 radical (unpaired) electrons. The van der Waals surface area contributed by atoms with Crippen LogP contribution in [0.3, 0.4) is 0 Å². The van der Waals surface area contributed by atoms with Crippen LogP contribution in [0, 0.1) is 18.4 Å². The van der Waals surface area contributed by atoms with Crippen molar-refractivity contribution in [3.8, 4) is 12.3 Å². The molecular weight excluding hydrogens is 505 g/mol. The number of hydrogen-bond acceptors (Lipinski definition) is 9. The van der Waals surface area contributed by atoms with Gasteiger partial charge in [-0.1, -0.05) is 66.6 Å². The van der Waals surface area contributed by atoms with E-state index in [0.717, 1.165) is 11.1 Å². The molecule has 0 saturated carbocycles. The number of nitrogens with zero attached hydrogens (tertiary/aromatic N) is 4. The third-order valence-corrected chi connectivity index (χ3v) is 6.31. The molecule has 1 fully saturated rings. The Morgan fingerprint density at radius 2 is 1.79 bits per heavy atom. The number of esters is 1. The number of benzene rings is 2. The van der Waals surface area contributed by atoms with E-state index in [0.29, 0.717) is 0 Å². The topological polar surface area (TPSA) is 124 Å². The molecule has 0 amide bonds. The van der Waals surface area contributed by atoms with Gasteiger partial charge in [0, 0.05) is 6.92 Å². The van der Waals surface area contributed by atoms with Gasteiger partial charge in [-0.25, -0.2) is 4.98 Å². The van der Waals surface area contributed by atoms with E-state index in [9.17, 15) is 9.18 Å². The lowest BCUT2D eigenvalue weighted by atomic mass is 9.96. The van der Waals surface area contributed by atoms with E-state index in [1.54, 1.807) is 0 Å². The van der Waals surface area contributed by atoms with Crippen LogP contribution >= 0.6 is 0 Å². The van der Waals surface area contributed by atoms with Crippen molar-refractivity contribution in [2.45, 2.75) is 44.2 Å². The third-order valence-electron chi connectivity index (χ3n) is 6.31. The molecule has 1 aliphatic rings. The zero-order valence-corrected chi connectivity index (χ0v) is 21.1. The summed E-state index contributed by atoms with van der Waals surface area (Å²) >= 11 is 0. The number of hydrogen-bond donors (Lipinski definition) is 1. The van der Waals surface area contributed by atoms with E-state index >= 15 is 0 Å². The molecule has 10 nitrogen and oxygen atoms in total. The number of nitrogen functional groups attached to an aromatic ring is 1. The maximum Gasteiger partial charge on any atom is 0.312 e. The normalized spacial score (nSPS) is 22.5. The van der Waals surface area contributed by atoms with Gasteiger partial charge in [0.2, 0.25) is 0 Å². The van der Waals surface area contributed by atoms with Crippen molar-refractivity contribution in [1.82, 2.24) is 19.5 Å². The van der Waals surface area contributed by atoms with Crippen LogP contribution in [-0.2, 0) is 37.0 Å². The number of rotatable bonds is 9. The molecule has 4 unspecified atom stereocenters. The van der Waals surface area contributed by atoms with Gasteiger partial charge in [0.15, 0.2) is 34.9 Å². The lowest BCUT2D eigenvalue weighted by Gasteiger charge is -2.30. The lowest BCUT2D eigenvalue weighted by molar-refractivity contribution is -0.158. The number of ether oxygens (including phenoxy) is 4. The van der Waals surface area contributed by atoms with Crippen LogP contribution in [0.25, 0.3) is 11.2 Å². The highest BCUT2D eigenvalue weighted by molar-refractivity contribution is 5.81. The van der Waals surface area contributed by atoms with Gasteiger partial charge in [-0.2, -0.15) is 14.4 Å². The van der Waals surface area contributed by atoms with Crippen LogP contribution in [0.5, 0.6) is 0 Å². The summed E-state index contributed by atoms with van der Waals surface area (Å²) in [6.45, 7) is 1.57. The summed E-state index contributed by atoms with van der Waals surface area (Å²) < 4.78 is 40.0. The Hall–Kier alpha value is -4.37. The molecule has 2 N–H and O–H groups in total. The summed E-state index contributed by atoms with van der Waals surface area (Å²) in [5.41, 5.74) is 6.36. The predicted molar refractivity (Wildman–Crippen MR) is 138 cm³/mol. The van der Waals surface area contributed by atoms with E-state index in [1.807, 2.05) is 60.7 Å². The number of fused-ring (bicyclic) bond motifs is 1. The van der Waals surface area contributed by atoms with Crippen molar-refractivity contribution in [2.24, 2.45) is 0 Å². The molecular formula is C28H26FN5O5. The first-order chi connectivity index (χ1) is 18.9. The fourth-order valence-electron chi connectivity index (χ4n) is 4.55. The van der Waals surface area contributed by atoms with Gasteiger partial charge in [0.25, 0.3) is 0 Å². The third kappa shape index (κ3) is 5.44. The van der Waals surface area contributed by atoms with E-state index < -0.39 is 36.1 Å².